The van der Waals surface area contributed by atoms with E-state index in [0.717, 1.165) is 12.8 Å². The molecule has 2 aliphatic carbocycles. The van der Waals surface area contributed by atoms with Gasteiger partial charge in [0.2, 0.25) is 0 Å². The summed E-state index contributed by atoms with van der Waals surface area (Å²) in [5, 5.41) is 9.36. The number of aliphatic hydroxyl groups excluding tert-OH is 1. The Morgan fingerprint density at radius 2 is 1.25 bits per heavy atom. The van der Waals surface area contributed by atoms with E-state index in [-0.39, 0.29) is 30.8 Å². The SMILES string of the molecule is OC1CCC(C2CC(F)C(F)C(F)C2)CC1. The van der Waals surface area contributed by atoms with Gasteiger partial charge in [-0.1, -0.05) is 0 Å². The topological polar surface area (TPSA) is 20.2 Å². The summed E-state index contributed by atoms with van der Waals surface area (Å²) in [4.78, 5) is 0. The van der Waals surface area contributed by atoms with Gasteiger partial charge in [0, 0.05) is 0 Å². The molecule has 0 aromatic rings. The van der Waals surface area contributed by atoms with E-state index >= 15 is 0 Å². The standard InChI is InChI=1S/C12H19F3O/c13-10-5-8(6-11(14)12(10)15)7-1-3-9(16)4-2-7/h7-12,16H,1-6H2. The molecule has 2 rings (SSSR count). The molecule has 0 heterocycles. The molecular formula is C12H19F3O. The Morgan fingerprint density at radius 3 is 1.75 bits per heavy atom. The molecule has 2 atom stereocenters. The van der Waals surface area contributed by atoms with Crippen molar-refractivity contribution in [3.05, 3.63) is 0 Å². The highest BCUT2D eigenvalue weighted by atomic mass is 19.2. The zero-order valence-corrected chi connectivity index (χ0v) is 9.29. The van der Waals surface area contributed by atoms with E-state index < -0.39 is 18.5 Å². The highest BCUT2D eigenvalue weighted by Crippen LogP contribution is 2.40. The number of alkyl halides is 3. The van der Waals surface area contributed by atoms with Crippen molar-refractivity contribution in [3.63, 3.8) is 0 Å². The highest BCUT2D eigenvalue weighted by molar-refractivity contribution is 4.90. The molecule has 1 nitrogen and oxygen atoms in total. The van der Waals surface area contributed by atoms with Crippen molar-refractivity contribution in [2.75, 3.05) is 0 Å². The number of halogens is 3. The summed E-state index contributed by atoms with van der Waals surface area (Å²) in [5.41, 5.74) is 0. The molecule has 1 N–H and O–H groups in total. The van der Waals surface area contributed by atoms with E-state index in [2.05, 4.69) is 0 Å². The summed E-state index contributed by atoms with van der Waals surface area (Å²) in [7, 11) is 0. The zero-order valence-electron chi connectivity index (χ0n) is 9.29. The Morgan fingerprint density at radius 1 is 0.750 bits per heavy atom. The number of rotatable bonds is 1. The van der Waals surface area contributed by atoms with E-state index in [0.29, 0.717) is 12.8 Å². The van der Waals surface area contributed by atoms with Crippen LogP contribution < -0.4 is 0 Å². The molecule has 2 saturated carbocycles. The van der Waals surface area contributed by atoms with E-state index in [1.807, 2.05) is 0 Å². The first-order chi connectivity index (χ1) is 7.58. The van der Waals surface area contributed by atoms with Crippen LogP contribution in [0.15, 0.2) is 0 Å². The quantitative estimate of drug-likeness (QED) is 0.742. The second-order valence-corrected chi connectivity index (χ2v) is 5.28. The van der Waals surface area contributed by atoms with Crippen LogP contribution in [0.5, 0.6) is 0 Å². The Labute approximate surface area is 94.0 Å². The number of hydrogen-bond donors (Lipinski definition) is 1. The Balaban J connectivity index is 1.90. The van der Waals surface area contributed by atoms with Crippen LogP contribution in [0.2, 0.25) is 0 Å². The van der Waals surface area contributed by atoms with Gasteiger partial charge in [-0.25, -0.2) is 13.2 Å². The van der Waals surface area contributed by atoms with Gasteiger partial charge >= 0.3 is 0 Å². The summed E-state index contributed by atoms with van der Waals surface area (Å²) in [6.07, 6.45) is -2.07. The van der Waals surface area contributed by atoms with Crippen molar-refractivity contribution in [3.8, 4) is 0 Å². The van der Waals surface area contributed by atoms with Gasteiger partial charge in [-0.15, -0.1) is 0 Å². The molecule has 2 aliphatic rings. The lowest BCUT2D eigenvalue weighted by atomic mass is 9.71. The molecular weight excluding hydrogens is 217 g/mol. The highest BCUT2D eigenvalue weighted by Gasteiger charge is 2.41. The first-order valence-electron chi connectivity index (χ1n) is 6.18. The molecule has 0 aliphatic heterocycles. The molecule has 0 saturated heterocycles. The van der Waals surface area contributed by atoms with Gasteiger partial charge in [0.05, 0.1) is 6.10 Å². The molecule has 2 fully saturated rings. The summed E-state index contributed by atoms with van der Waals surface area (Å²) >= 11 is 0. The molecule has 94 valence electrons. The first-order valence-corrected chi connectivity index (χ1v) is 6.18. The minimum atomic E-state index is -1.93. The lowest BCUT2D eigenvalue weighted by molar-refractivity contribution is -0.00988. The molecule has 0 aromatic heterocycles. The van der Waals surface area contributed by atoms with Crippen LogP contribution in [0.3, 0.4) is 0 Å². The molecule has 0 aromatic carbocycles. The number of aliphatic hydroxyl groups is 1. The number of hydrogen-bond acceptors (Lipinski definition) is 1. The molecule has 4 heteroatoms. The van der Waals surface area contributed by atoms with Gasteiger partial charge in [0.25, 0.3) is 0 Å². The minimum absolute atomic E-state index is 0.0375. The van der Waals surface area contributed by atoms with Crippen LogP contribution in [0.25, 0.3) is 0 Å². The van der Waals surface area contributed by atoms with Crippen LogP contribution in [0, 0.1) is 11.8 Å². The first kappa shape index (κ1) is 12.2. The third kappa shape index (κ3) is 2.53. The largest absolute Gasteiger partial charge is 0.393 e. The third-order valence-electron chi connectivity index (χ3n) is 4.15. The maximum Gasteiger partial charge on any atom is 0.162 e. The molecule has 16 heavy (non-hydrogen) atoms. The summed E-state index contributed by atoms with van der Waals surface area (Å²) in [6, 6.07) is 0. The second kappa shape index (κ2) is 4.94. The molecule has 0 bridgehead atoms. The van der Waals surface area contributed by atoms with E-state index in [4.69, 9.17) is 0 Å². The van der Waals surface area contributed by atoms with E-state index in [1.165, 1.54) is 0 Å². The average Bonchev–Trinajstić information content (AvgIpc) is 2.26. The van der Waals surface area contributed by atoms with Gasteiger partial charge in [0.15, 0.2) is 6.17 Å². The average molecular weight is 236 g/mol. The fourth-order valence-corrected chi connectivity index (χ4v) is 3.12. The maximum absolute atomic E-state index is 13.2. The zero-order chi connectivity index (χ0) is 11.7. The minimum Gasteiger partial charge on any atom is -0.393 e. The van der Waals surface area contributed by atoms with Gasteiger partial charge in [-0.3, -0.25) is 0 Å². The van der Waals surface area contributed by atoms with Crippen LogP contribution in [0.1, 0.15) is 38.5 Å². The molecule has 0 amide bonds. The lowest BCUT2D eigenvalue weighted by Crippen LogP contribution is -2.40. The third-order valence-corrected chi connectivity index (χ3v) is 4.15. The van der Waals surface area contributed by atoms with Crippen LogP contribution in [0.4, 0.5) is 13.2 Å². The van der Waals surface area contributed by atoms with Crippen molar-refractivity contribution in [2.45, 2.75) is 63.1 Å². The Hall–Kier alpha value is -0.250. The van der Waals surface area contributed by atoms with Crippen molar-refractivity contribution in [1.82, 2.24) is 0 Å². The summed E-state index contributed by atoms with van der Waals surface area (Å²) < 4.78 is 39.5. The maximum atomic E-state index is 13.2. The normalized spacial score (nSPS) is 50.2. The lowest BCUT2D eigenvalue weighted by Gasteiger charge is -2.37. The second-order valence-electron chi connectivity index (χ2n) is 5.28. The monoisotopic (exact) mass is 236 g/mol. The summed E-state index contributed by atoms with van der Waals surface area (Å²) in [5.74, 6) is 0.233. The predicted molar refractivity (Wildman–Crippen MR) is 55.4 cm³/mol. The van der Waals surface area contributed by atoms with Crippen molar-refractivity contribution < 1.29 is 18.3 Å². The van der Waals surface area contributed by atoms with Crippen molar-refractivity contribution in [1.29, 1.82) is 0 Å². The van der Waals surface area contributed by atoms with Crippen LogP contribution in [-0.2, 0) is 0 Å². The van der Waals surface area contributed by atoms with Crippen molar-refractivity contribution >= 4 is 0 Å². The predicted octanol–water partition coefficient (Wildman–Crippen LogP) is 2.96. The summed E-state index contributed by atoms with van der Waals surface area (Å²) in [6.45, 7) is 0. The van der Waals surface area contributed by atoms with Gasteiger partial charge < -0.3 is 5.11 Å². The van der Waals surface area contributed by atoms with Crippen LogP contribution in [-0.4, -0.2) is 29.7 Å². The van der Waals surface area contributed by atoms with Gasteiger partial charge in [-0.05, 0) is 50.4 Å². The van der Waals surface area contributed by atoms with E-state index in [9.17, 15) is 18.3 Å². The van der Waals surface area contributed by atoms with E-state index in [1.54, 1.807) is 0 Å². The fourth-order valence-electron chi connectivity index (χ4n) is 3.12. The Bertz CT molecular complexity index is 216. The molecule has 0 spiro atoms. The fraction of sp³-hybridized carbons (Fsp3) is 1.00. The van der Waals surface area contributed by atoms with Crippen molar-refractivity contribution in [2.24, 2.45) is 11.8 Å². The molecule has 0 radical (unpaired) electrons. The smallest absolute Gasteiger partial charge is 0.162 e. The molecule has 2 unspecified atom stereocenters. The van der Waals surface area contributed by atoms with Crippen LogP contribution >= 0.6 is 0 Å². The van der Waals surface area contributed by atoms with Gasteiger partial charge in [0.1, 0.15) is 12.3 Å². The van der Waals surface area contributed by atoms with Gasteiger partial charge in [-0.2, -0.15) is 0 Å². The Kier molecular flexibility index (Phi) is 3.77.